The quantitative estimate of drug-likeness (QED) is 0.457. The Morgan fingerprint density at radius 2 is 2.17 bits per heavy atom. The first kappa shape index (κ1) is 6.22. The third-order valence-corrected chi connectivity index (χ3v) is 3.37. The predicted molar refractivity (Wildman–Crippen MR) is 42.0 cm³/mol. The fraction of sp³-hybridized carbons (Fsp3) is 0.500. The Hall–Kier alpha value is -1.32. The van der Waals surface area contributed by atoms with Crippen LogP contribution in [0.4, 0.5) is 0 Å². The van der Waals surface area contributed by atoms with E-state index in [1.54, 1.807) is 6.08 Å². The van der Waals surface area contributed by atoms with Crippen LogP contribution in [0.2, 0.25) is 0 Å². The molecule has 4 atom stereocenters. The Kier molecular flexibility index (Phi) is 0.805. The Morgan fingerprint density at radius 3 is 2.58 bits per heavy atom. The number of nitroso groups, excluding NO2 is 2. The van der Waals surface area contributed by atoms with Gasteiger partial charge in [0.15, 0.2) is 0 Å². The summed E-state index contributed by atoms with van der Waals surface area (Å²) in [5, 5.41) is 6.01. The van der Waals surface area contributed by atoms with Gasteiger partial charge < -0.3 is 0 Å². The van der Waals surface area contributed by atoms with Crippen LogP contribution in [0.15, 0.2) is 34.3 Å². The Labute approximate surface area is 68.3 Å². The first-order valence-electron chi connectivity index (χ1n) is 3.92. The van der Waals surface area contributed by atoms with Gasteiger partial charge in [0.2, 0.25) is 0 Å². The zero-order valence-corrected chi connectivity index (χ0v) is 6.18. The number of allylic oxidation sites excluding steroid dienone is 1. The minimum atomic E-state index is -0.487. The van der Waals surface area contributed by atoms with Gasteiger partial charge in [0, 0.05) is 17.8 Å². The van der Waals surface area contributed by atoms with E-state index in [4.69, 9.17) is 0 Å². The third kappa shape index (κ3) is 0.361. The van der Waals surface area contributed by atoms with Gasteiger partial charge in [-0.1, -0.05) is 23.4 Å². The van der Waals surface area contributed by atoms with Gasteiger partial charge in [-0.25, -0.2) is 0 Å². The maximum Gasteiger partial charge on any atom is 0.134 e. The van der Waals surface area contributed by atoms with Gasteiger partial charge in [0.05, 0.1) is 5.70 Å². The second-order valence-electron chi connectivity index (χ2n) is 3.60. The van der Waals surface area contributed by atoms with Crippen molar-refractivity contribution < 1.29 is 0 Å². The van der Waals surface area contributed by atoms with E-state index in [-0.39, 0.29) is 17.8 Å². The summed E-state index contributed by atoms with van der Waals surface area (Å²) in [4.78, 5) is 20.7. The van der Waals surface area contributed by atoms with Gasteiger partial charge in [-0.15, -0.1) is 9.81 Å². The van der Waals surface area contributed by atoms with Gasteiger partial charge in [-0.2, -0.15) is 0 Å². The molecule has 3 rings (SSSR count). The normalized spacial score (nSPS) is 51.7. The maximum absolute atomic E-state index is 10.5. The maximum atomic E-state index is 10.5. The highest BCUT2D eigenvalue weighted by Crippen LogP contribution is 2.66. The lowest BCUT2D eigenvalue weighted by atomic mass is 9.41. The lowest BCUT2D eigenvalue weighted by Gasteiger charge is -2.62. The summed E-state index contributed by atoms with van der Waals surface area (Å²) in [7, 11) is 0. The van der Waals surface area contributed by atoms with Crippen LogP contribution in [0, 0.1) is 27.6 Å². The summed E-state index contributed by atoms with van der Waals surface area (Å²) in [6, 6.07) is 0. The highest BCUT2D eigenvalue weighted by molar-refractivity contribution is 5.49. The summed E-state index contributed by atoms with van der Waals surface area (Å²) in [5.41, 5.74) is 0.118. The molecular weight excluding hydrogens is 156 g/mol. The third-order valence-electron chi connectivity index (χ3n) is 3.37. The molecule has 3 aliphatic rings. The molecule has 0 aromatic heterocycles. The minimum absolute atomic E-state index is 0.165. The smallest absolute Gasteiger partial charge is 0.134 e. The van der Waals surface area contributed by atoms with E-state index in [0.717, 1.165) is 0 Å². The first-order chi connectivity index (χ1) is 5.83. The van der Waals surface area contributed by atoms with Crippen molar-refractivity contribution in [3.05, 3.63) is 33.7 Å². The molecule has 0 aromatic rings. The molecule has 0 N–H and O–H groups in total. The number of hydrogen-bond acceptors (Lipinski definition) is 4. The van der Waals surface area contributed by atoms with Crippen LogP contribution in [0.25, 0.3) is 0 Å². The van der Waals surface area contributed by atoms with Gasteiger partial charge in [0.1, 0.15) is 5.54 Å². The van der Waals surface area contributed by atoms with Crippen LogP contribution in [0.1, 0.15) is 0 Å². The van der Waals surface area contributed by atoms with Crippen LogP contribution < -0.4 is 0 Å². The van der Waals surface area contributed by atoms with Gasteiger partial charge in [0.25, 0.3) is 0 Å². The van der Waals surface area contributed by atoms with Crippen LogP contribution in [-0.4, -0.2) is 5.54 Å². The molecule has 1 unspecified atom stereocenters. The molecule has 12 heavy (non-hydrogen) atoms. The average molecular weight is 162 g/mol. The number of fused-ring (bicyclic) bond motifs is 4. The van der Waals surface area contributed by atoms with Crippen LogP contribution >= 0.6 is 0 Å². The van der Waals surface area contributed by atoms with Crippen LogP contribution in [0.5, 0.6) is 0 Å². The molecule has 0 bridgehead atoms. The van der Waals surface area contributed by atoms with Crippen molar-refractivity contribution in [2.24, 2.45) is 28.1 Å². The highest BCUT2D eigenvalue weighted by Gasteiger charge is 2.70. The van der Waals surface area contributed by atoms with E-state index in [0.29, 0.717) is 5.70 Å². The first-order valence-corrected chi connectivity index (χ1v) is 3.92. The van der Waals surface area contributed by atoms with Gasteiger partial charge >= 0.3 is 0 Å². The fourth-order valence-electron chi connectivity index (χ4n) is 2.56. The van der Waals surface area contributed by atoms with Crippen molar-refractivity contribution in [3.8, 4) is 0 Å². The average Bonchev–Trinajstić information content (AvgIpc) is 2.05. The second kappa shape index (κ2) is 1.55. The second-order valence-corrected chi connectivity index (χ2v) is 3.60. The van der Waals surface area contributed by atoms with Crippen molar-refractivity contribution in [3.63, 3.8) is 0 Å². The van der Waals surface area contributed by atoms with Crippen molar-refractivity contribution in [2.45, 2.75) is 5.54 Å². The summed E-state index contributed by atoms with van der Waals surface area (Å²) in [6.07, 6.45) is 5.55. The van der Waals surface area contributed by atoms with E-state index in [2.05, 4.69) is 10.4 Å². The number of nitrogens with zero attached hydrogens (tertiary/aromatic N) is 2. The highest BCUT2D eigenvalue weighted by atomic mass is 16.3. The standard InChI is InChI=1S/C8H6N2O2/c11-9-6-3-5-7(6)4-1-2-8(4,5)10-12/h1-5,7H/t4-,5+,7?,8+/m0/s1. The zero-order chi connectivity index (χ0) is 8.34. The molecule has 60 valence electrons. The van der Waals surface area contributed by atoms with Crippen molar-refractivity contribution in [2.75, 3.05) is 0 Å². The largest absolute Gasteiger partial charge is 0.150 e. The van der Waals surface area contributed by atoms with E-state index in [9.17, 15) is 9.81 Å². The molecule has 4 heteroatoms. The zero-order valence-electron chi connectivity index (χ0n) is 6.18. The van der Waals surface area contributed by atoms with E-state index in [1.165, 1.54) is 0 Å². The molecule has 0 spiro atoms. The van der Waals surface area contributed by atoms with Crippen molar-refractivity contribution >= 4 is 0 Å². The monoisotopic (exact) mass is 162 g/mol. The molecule has 0 radical (unpaired) electrons. The Balaban J connectivity index is 2.00. The predicted octanol–water partition coefficient (Wildman–Crippen LogP) is 1.59. The minimum Gasteiger partial charge on any atom is -0.150 e. The lowest BCUT2D eigenvalue weighted by Crippen LogP contribution is -2.66. The molecule has 0 amide bonds. The molecule has 3 aliphatic carbocycles. The molecule has 0 aromatic carbocycles. The molecule has 0 aliphatic heterocycles. The SMILES string of the molecule is O=NC1=C[C@@H]2C1[C@@H]1C=C[C@]21N=O. The van der Waals surface area contributed by atoms with E-state index < -0.39 is 5.54 Å². The molecular formula is C8H6N2O2. The summed E-state index contributed by atoms with van der Waals surface area (Å²) < 4.78 is 0. The van der Waals surface area contributed by atoms with Gasteiger partial charge in [-0.05, 0) is 5.18 Å². The lowest BCUT2D eigenvalue weighted by molar-refractivity contribution is 0.0220. The van der Waals surface area contributed by atoms with E-state index >= 15 is 0 Å². The van der Waals surface area contributed by atoms with E-state index in [1.807, 2.05) is 12.2 Å². The molecule has 0 saturated heterocycles. The summed E-state index contributed by atoms with van der Waals surface area (Å²) in [6.45, 7) is 0. The van der Waals surface area contributed by atoms with Crippen molar-refractivity contribution in [1.82, 2.24) is 0 Å². The van der Waals surface area contributed by atoms with Crippen LogP contribution in [0.3, 0.4) is 0 Å². The van der Waals surface area contributed by atoms with Crippen molar-refractivity contribution in [1.29, 1.82) is 0 Å². The molecule has 0 heterocycles. The fourth-order valence-corrected chi connectivity index (χ4v) is 2.56. The summed E-state index contributed by atoms with van der Waals surface area (Å²) in [5.74, 6) is 0.528. The number of rotatable bonds is 2. The summed E-state index contributed by atoms with van der Waals surface area (Å²) >= 11 is 0. The Bertz CT molecular complexity index is 347. The molecule has 1 fully saturated rings. The van der Waals surface area contributed by atoms with Gasteiger partial charge in [-0.3, -0.25) is 0 Å². The van der Waals surface area contributed by atoms with Crippen LogP contribution in [-0.2, 0) is 0 Å². The molecule has 4 nitrogen and oxygen atoms in total. The number of hydrogen-bond donors (Lipinski definition) is 0. The molecule has 1 saturated carbocycles. The topological polar surface area (TPSA) is 58.9 Å². The Morgan fingerprint density at radius 1 is 1.33 bits per heavy atom.